The summed E-state index contributed by atoms with van der Waals surface area (Å²) in [6.07, 6.45) is 0.102. The van der Waals surface area contributed by atoms with Crippen molar-refractivity contribution in [1.82, 2.24) is 0 Å². The number of hydrogen-bond acceptors (Lipinski definition) is 5. The molecule has 2 aromatic rings. The van der Waals surface area contributed by atoms with Crippen LogP contribution in [0.3, 0.4) is 0 Å². The third kappa shape index (κ3) is 5.53. The zero-order chi connectivity index (χ0) is 22.4. The molecule has 164 valence electrons. The van der Waals surface area contributed by atoms with Crippen LogP contribution in [-0.4, -0.2) is 37.5 Å². The number of anilines is 3. The minimum atomic E-state index is -0.512. The minimum absolute atomic E-state index is 0.102. The van der Waals surface area contributed by atoms with Crippen LogP contribution < -0.4 is 25.0 Å². The number of rotatable bonds is 8. The largest absolute Gasteiger partial charge is 0.494 e. The third-order valence-corrected chi connectivity index (χ3v) is 4.79. The number of nitrogens with one attached hydrogen (secondary N) is 2. The topological polar surface area (TPSA) is 97.0 Å². The number of benzene rings is 2. The lowest BCUT2D eigenvalue weighted by atomic mass is 10.1. The smallest absolute Gasteiger partial charge is 0.229 e. The molecule has 8 nitrogen and oxygen atoms in total. The highest BCUT2D eigenvalue weighted by molar-refractivity contribution is 6.04. The summed E-state index contributed by atoms with van der Waals surface area (Å²) in [5.41, 5.74) is 1.75. The monoisotopic (exact) mass is 425 g/mol. The lowest BCUT2D eigenvalue weighted by molar-refractivity contribution is -0.122. The van der Waals surface area contributed by atoms with Gasteiger partial charge in [-0.1, -0.05) is 6.07 Å². The molecule has 0 spiro atoms. The van der Waals surface area contributed by atoms with Crippen LogP contribution in [-0.2, 0) is 14.4 Å². The number of hydrogen-bond donors (Lipinski definition) is 2. The van der Waals surface area contributed by atoms with Crippen molar-refractivity contribution >= 4 is 34.8 Å². The lowest BCUT2D eigenvalue weighted by Crippen LogP contribution is -2.28. The highest BCUT2D eigenvalue weighted by Crippen LogP contribution is 2.32. The van der Waals surface area contributed by atoms with Gasteiger partial charge in [0.25, 0.3) is 0 Å². The van der Waals surface area contributed by atoms with Crippen LogP contribution in [0.25, 0.3) is 0 Å². The maximum atomic E-state index is 12.9. The Morgan fingerprint density at radius 3 is 2.55 bits per heavy atom. The first-order valence-electron chi connectivity index (χ1n) is 10.3. The Balaban J connectivity index is 1.74. The molecule has 1 aliphatic heterocycles. The second-order valence-electron chi connectivity index (χ2n) is 7.15. The van der Waals surface area contributed by atoms with Gasteiger partial charge in [-0.3, -0.25) is 14.4 Å². The van der Waals surface area contributed by atoms with E-state index in [1.165, 1.54) is 6.92 Å². The zero-order valence-corrected chi connectivity index (χ0v) is 17.9. The summed E-state index contributed by atoms with van der Waals surface area (Å²) in [5.74, 6) is 0.0593. The van der Waals surface area contributed by atoms with Gasteiger partial charge in [0.1, 0.15) is 11.5 Å². The molecule has 8 heteroatoms. The Kier molecular flexibility index (Phi) is 7.12. The molecule has 3 amide bonds. The fraction of sp³-hybridized carbons (Fsp3) is 0.348. The molecular formula is C23H27N3O5. The summed E-state index contributed by atoms with van der Waals surface area (Å²) in [4.78, 5) is 38.4. The first-order valence-corrected chi connectivity index (χ1v) is 10.3. The Hall–Kier alpha value is -3.55. The van der Waals surface area contributed by atoms with Crippen molar-refractivity contribution in [2.75, 3.05) is 35.3 Å². The lowest BCUT2D eigenvalue weighted by Gasteiger charge is -2.18. The summed E-state index contributed by atoms with van der Waals surface area (Å²) in [7, 11) is 0. The van der Waals surface area contributed by atoms with Gasteiger partial charge in [0, 0.05) is 37.3 Å². The number of nitrogens with zero attached hydrogens (tertiary/aromatic N) is 1. The van der Waals surface area contributed by atoms with E-state index in [0.29, 0.717) is 41.8 Å². The number of ether oxygens (including phenoxy) is 2. The maximum Gasteiger partial charge on any atom is 0.229 e. The number of carbonyl (C=O) groups excluding carboxylic acids is 3. The molecule has 0 radical (unpaired) electrons. The Morgan fingerprint density at radius 2 is 1.84 bits per heavy atom. The first-order chi connectivity index (χ1) is 14.9. The standard InChI is InChI=1S/C23H27N3O5/c1-4-30-19-9-10-21(31-5-2)20(13-19)25-23(29)16-11-22(28)26(14-16)18-8-6-7-17(12-18)24-15(3)27/h6-10,12-13,16H,4-5,11,14H2,1-3H3,(H,24,27)(H,25,29)/t16-/m1/s1. The van der Waals surface area contributed by atoms with Crippen LogP contribution in [0.5, 0.6) is 11.5 Å². The van der Waals surface area contributed by atoms with Crippen LogP contribution in [0.4, 0.5) is 17.1 Å². The van der Waals surface area contributed by atoms with Gasteiger partial charge >= 0.3 is 0 Å². The van der Waals surface area contributed by atoms with E-state index >= 15 is 0 Å². The van der Waals surface area contributed by atoms with Gasteiger partial charge in [0.2, 0.25) is 17.7 Å². The summed E-state index contributed by atoms with van der Waals surface area (Å²) >= 11 is 0. The van der Waals surface area contributed by atoms with E-state index in [4.69, 9.17) is 9.47 Å². The van der Waals surface area contributed by atoms with E-state index in [0.717, 1.165) is 0 Å². The van der Waals surface area contributed by atoms with E-state index in [2.05, 4.69) is 10.6 Å². The van der Waals surface area contributed by atoms with E-state index in [9.17, 15) is 14.4 Å². The highest BCUT2D eigenvalue weighted by atomic mass is 16.5. The molecule has 1 aliphatic rings. The molecule has 1 saturated heterocycles. The van der Waals surface area contributed by atoms with Gasteiger partial charge in [-0.05, 0) is 44.2 Å². The molecule has 0 aliphatic carbocycles. The van der Waals surface area contributed by atoms with Gasteiger partial charge < -0.3 is 25.0 Å². The predicted molar refractivity (Wildman–Crippen MR) is 119 cm³/mol. The molecule has 3 rings (SSSR count). The fourth-order valence-electron chi connectivity index (χ4n) is 3.47. The van der Waals surface area contributed by atoms with Crippen LogP contribution in [0, 0.1) is 5.92 Å². The zero-order valence-electron chi connectivity index (χ0n) is 17.9. The quantitative estimate of drug-likeness (QED) is 0.675. The van der Waals surface area contributed by atoms with E-state index in [1.54, 1.807) is 47.4 Å². The summed E-state index contributed by atoms with van der Waals surface area (Å²) in [6.45, 7) is 6.38. The third-order valence-electron chi connectivity index (χ3n) is 4.79. The SMILES string of the molecule is CCOc1ccc(OCC)c(NC(=O)[C@@H]2CC(=O)N(c3cccc(NC(C)=O)c3)C2)c1. The molecule has 0 aromatic heterocycles. The molecular weight excluding hydrogens is 398 g/mol. The molecule has 2 N–H and O–H groups in total. The predicted octanol–water partition coefficient (Wildman–Crippen LogP) is 3.43. The van der Waals surface area contributed by atoms with Crippen molar-refractivity contribution in [3.63, 3.8) is 0 Å². The maximum absolute atomic E-state index is 12.9. The van der Waals surface area contributed by atoms with Gasteiger partial charge in [-0.15, -0.1) is 0 Å². The van der Waals surface area contributed by atoms with Crippen molar-refractivity contribution in [2.24, 2.45) is 5.92 Å². The summed E-state index contributed by atoms with van der Waals surface area (Å²) in [6, 6.07) is 12.3. The Labute approximate surface area is 181 Å². The Morgan fingerprint density at radius 1 is 1.06 bits per heavy atom. The van der Waals surface area contributed by atoms with Crippen LogP contribution >= 0.6 is 0 Å². The van der Waals surface area contributed by atoms with Crippen molar-refractivity contribution in [2.45, 2.75) is 27.2 Å². The van der Waals surface area contributed by atoms with Gasteiger partial charge in [-0.2, -0.15) is 0 Å². The molecule has 0 bridgehead atoms. The molecule has 31 heavy (non-hydrogen) atoms. The number of amides is 3. The van der Waals surface area contributed by atoms with Gasteiger partial charge in [0.05, 0.1) is 24.8 Å². The van der Waals surface area contributed by atoms with Gasteiger partial charge in [0.15, 0.2) is 0 Å². The van der Waals surface area contributed by atoms with Crippen LogP contribution in [0.15, 0.2) is 42.5 Å². The molecule has 0 saturated carbocycles. The minimum Gasteiger partial charge on any atom is -0.494 e. The van der Waals surface area contributed by atoms with Crippen molar-refractivity contribution in [3.8, 4) is 11.5 Å². The second-order valence-corrected chi connectivity index (χ2v) is 7.15. The molecule has 1 heterocycles. The first kappa shape index (κ1) is 22.1. The highest BCUT2D eigenvalue weighted by Gasteiger charge is 2.35. The molecule has 0 unspecified atom stereocenters. The molecule has 1 atom stereocenters. The van der Waals surface area contributed by atoms with E-state index in [1.807, 2.05) is 13.8 Å². The molecule has 2 aromatic carbocycles. The fourth-order valence-corrected chi connectivity index (χ4v) is 3.47. The van der Waals surface area contributed by atoms with Crippen molar-refractivity contribution in [3.05, 3.63) is 42.5 Å². The van der Waals surface area contributed by atoms with E-state index < -0.39 is 5.92 Å². The molecule has 1 fully saturated rings. The Bertz CT molecular complexity index is 975. The summed E-state index contributed by atoms with van der Waals surface area (Å²) in [5, 5.41) is 5.59. The average molecular weight is 425 g/mol. The van der Waals surface area contributed by atoms with Crippen LogP contribution in [0.1, 0.15) is 27.2 Å². The van der Waals surface area contributed by atoms with E-state index in [-0.39, 0.29) is 30.7 Å². The number of carbonyl (C=O) groups is 3. The second kappa shape index (κ2) is 9.97. The van der Waals surface area contributed by atoms with Crippen LogP contribution in [0.2, 0.25) is 0 Å². The van der Waals surface area contributed by atoms with Crippen molar-refractivity contribution in [1.29, 1.82) is 0 Å². The van der Waals surface area contributed by atoms with Crippen molar-refractivity contribution < 1.29 is 23.9 Å². The van der Waals surface area contributed by atoms with Gasteiger partial charge in [-0.25, -0.2) is 0 Å². The normalized spacial score (nSPS) is 15.5. The summed E-state index contributed by atoms with van der Waals surface area (Å²) < 4.78 is 11.1. The average Bonchev–Trinajstić information content (AvgIpc) is 3.12.